The molecule has 1 aromatic carbocycles. The van der Waals surface area contributed by atoms with Crippen molar-refractivity contribution in [3.8, 4) is 0 Å². The molecule has 1 heterocycles. The predicted molar refractivity (Wildman–Crippen MR) is 76.8 cm³/mol. The molecule has 1 N–H and O–H groups in total. The van der Waals surface area contributed by atoms with E-state index in [9.17, 15) is 4.39 Å². The van der Waals surface area contributed by atoms with Crippen LogP contribution in [-0.4, -0.2) is 16.6 Å². The lowest BCUT2D eigenvalue weighted by Gasteiger charge is -2.09. The van der Waals surface area contributed by atoms with Crippen molar-refractivity contribution in [2.45, 2.75) is 20.5 Å². The highest BCUT2D eigenvalue weighted by molar-refractivity contribution is 6.29. The number of aromatic nitrogens is 2. The molecular weight excluding hydrogens is 281 g/mol. The number of aryl methyl sites for hydroxylation is 1. The minimum atomic E-state index is -0.242. The Kier molecular flexibility index (Phi) is 4.87. The fourth-order valence-corrected chi connectivity index (χ4v) is 1.86. The van der Waals surface area contributed by atoms with Gasteiger partial charge in [-0.05, 0) is 37.6 Å². The van der Waals surface area contributed by atoms with Gasteiger partial charge in [0.05, 0.1) is 0 Å². The second kappa shape index (κ2) is 6.63. The van der Waals surface area contributed by atoms with Crippen LogP contribution in [0.4, 0.5) is 15.9 Å². The Labute approximate surface area is 122 Å². The maximum atomic E-state index is 13.2. The van der Waals surface area contributed by atoms with Crippen molar-refractivity contribution in [1.29, 1.82) is 0 Å². The molecule has 106 valence electrons. The minimum absolute atomic E-state index is 0.242. The van der Waals surface area contributed by atoms with Crippen LogP contribution in [0.25, 0.3) is 0 Å². The number of nitrogens with zero attached hydrogens (tertiary/aromatic N) is 2. The Hall–Kier alpha value is -1.72. The van der Waals surface area contributed by atoms with Gasteiger partial charge in [0.25, 0.3) is 0 Å². The number of halogens is 2. The molecule has 0 saturated carbocycles. The Morgan fingerprint density at radius 1 is 1.30 bits per heavy atom. The van der Waals surface area contributed by atoms with Gasteiger partial charge in [0.15, 0.2) is 5.82 Å². The number of anilines is 2. The topological polar surface area (TPSA) is 47.0 Å². The molecular formula is C14H15ClFN3O. The molecule has 0 bridgehead atoms. The van der Waals surface area contributed by atoms with Crippen LogP contribution in [0.3, 0.4) is 0 Å². The predicted octanol–water partition coefficient (Wildman–Crippen LogP) is 3.86. The zero-order chi connectivity index (χ0) is 14.5. The highest BCUT2D eigenvalue weighted by Gasteiger charge is 2.05. The fraction of sp³-hybridized carbons (Fsp3) is 0.286. The molecule has 6 heteroatoms. The third-order valence-corrected chi connectivity index (χ3v) is 2.80. The van der Waals surface area contributed by atoms with Crippen LogP contribution < -0.4 is 5.32 Å². The largest absolute Gasteiger partial charge is 0.374 e. The van der Waals surface area contributed by atoms with Crippen molar-refractivity contribution >= 4 is 23.1 Å². The number of benzene rings is 1. The number of nitrogens with one attached hydrogen (secondary N) is 1. The number of hydrogen-bond donors (Lipinski definition) is 1. The van der Waals surface area contributed by atoms with E-state index in [1.54, 1.807) is 25.1 Å². The molecule has 0 saturated heterocycles. The maximum absolute atomic E-state index is 13.2. The van der Waals surface area contributed by atoms with Crippen molar-refractivity contribution in [3.63, 3.8) is 0 Å². The lowest BCUT2D eigenvalue weighted by molar-refractivity contribution is 0.128. The summed E-state index contributed by atoms with van der Waals surface area (Å²) in [5.41, 5.74) is 1.30. The van der Waals surface area contributed by atoms with E-state index in [4.69, 9.17) is 16.3 Å². The summed E-state index contributed by atoms with van der Waals surface area (Å²) in [5, 5.41) is 3.40. The fourth-order valence-electron chi connectivity index (χ4n) is 1.66. The first-order chi connectivity index (χ1) is 9.58. The molecule has 4 nitrogen and oxygen atoms in total. The summed E-state index contributed by atoms with van der Waals surface area (Å²) >= 11 is 5.94. The van der Waals surface area contributed by atoms with Crippen LogP contribution >= 0.6 is 11.6 Å². The number of rotatable bonds is 5. The quantitative estimate of drug-likeness (QED) is 0.851. The standard InChI is InChI=1S/C14H15ClFN3O/c1-3-20-8-14-18-12(15)7-13(19-14)17-10-4-5-11(16)9(2)6-10/h4-7H,3,8H2,1-2H3,(H,17,18,19). The van der Waals surface area contributed by atoms with E-state index in [1.165, 1.54) is 6.07 Å². The Balaban J connectivity index is 2.19. The van der Waals surface area contributed by atoms with E-state index in [0.717, 1.165) is 5.69 Å². The number of ether oxygens (including phenoxy) is 1. The van der Waals surface area contributed by atoms with Crippen molar-refractivity contribution in [2.24, 2.45) is 0 Å². The molecule has 20 heavy (non-hydrogen) atoms. The lowest BCUT2D eigenvalue weighted by atomic mass is 10.2. The average Bonchev–Trinajstić information content (AvgIpc) is 2.40. The molecule has 0 amide bonds. The molecule has 2 aromatic rings. The van der Waals surface area contributed by atoms with E-state index in [1.807, 2.05) is 6.92 Å². The van der Waals surface area contributed by atoms with Crippen LogP contribution in [0.5, 0.6) is 0 Å². The van der Waals surface area contributed by atoms with Crippen LogP contribution in [0.2, 0.25) is 5.15 Å². The van der Waals surface area contributed by atoms with E-state index in [-0.39, 0.29) is 5.82 Å². The average molecular weight is 296 g/mol. The highest BCUT2D eigenvalue weighted by atomic mass is 35.5. The van der Waals surface area contributed by atoms with Gasteiger partial charge < -0.3 is 10.1 Å². The molecule has 0 spiro atoms. The van der Waals surface area contributed by atoms with Crippen LogP contribution in [-0.2, 0) is 11.3 Å². The molecule has 0 unspecified atom stereocenters. The van der Waals surface area contributed by atoms with Gasteiger partial charge in [-0.1, -0.05) is 11.6 Å². The molecule has 0 aliphatic carbocycles. The monoisotopic (exact) mass is 295 g/mol. The zero-order valence-electron chi connectivity index (χ0n) is 11.3. The summed E-state index contributed by atoms with van der Waals surface area (Å²) in [4.78, 5) is 8.37. The Bertz CT molecular complexity index is 607. The van der Waals surface area contributed by atoms with Gasteiger partial charge in [0.2, 0.25) is 0 Å². The summed E-state index contributed by atoms with van der Waals surface area (Å²) in [6, 6.07) is 6.35. The van der Waals surface area contributed by atoms with E-state index >= 15 is 0 Å². The van der Waals surface area contributed by atoms with Gasteiger partial charge in [-0.15, -0.1) is 0 Å². The normalized spacial score (nSPS) is 10.6. The van der Waals surface area contributed by atoms with Gasteiger partial charge in [-0.2, -0.15) is 0 Å². The van der Waals surface area contributed by atoms with Crippen molar-refractivity contribution in [1.82, 2.24) is 9.97 Å². The van der Waals surface area contributed by atoms with Crippen LogP contribution in [0.15, 0.2) is 24.3 Å². The lowest BCUT2D eigenvalue weighted by Crippen LogP contribution is -2.03. The van der Waals surface area contributed by atoms with Crippen molar-refractivity contribution in [2.75, 3.05) is 11.9 Å². The SMILES string of the molecule is CCOCc1nc(Cl)cc(Nc2ccc(F)c(C)c2)n1. The third kappa shape index (κ3) is 3.88. The van der Waals surface area contributed by atoms with Gasteiger partial charge in [0.1, 0.15) is 23.4 Å². The van der Waals surface area contributed by atoms with E-state index in [0.29, 0.717) is 35.6 Å². The zero-order valence-corrected chi connectivity index (χ0v) is 12.0. The molecule has 2 rings (SSSR count). The van der Waals surface area contributed by atoms with Gasteiger partial charge in [-0.3, -0.25) is 0 Å². The van der Waals surface area contributed by atoms with Gasteiger partial charge >= 0.3 is 0 Å². The summed E-state index contributed by atoms with van der Waals surface area (Å²) in [6.07, 6.45) is 0. The van der Waals surface area contributed by atoms with E-state index < -0.39 is 0 Å². The van der Waals surface area contributed by atoms with E-state index in [2.05, 4.69) is 15.3 Å². The Morgan fingerprint density at radius 3 is 2.80 bits per heavy atom. The third-order valence-electron chi connectivity index (χ3n) is 2.61. The molecule has 0 aliphatic rings. The number of hydrogen-bond acceptors (Lipinski definition) is 4. The summed E-state index contributed by atoms with van der Waals surface area (Å²) in [6.45, 7) is 4.48. The van der Waals surface area contributed by atoms with Crippen molar-refractivity contribution < 1.29 is 9.13 Å². The second-order valence-electron chi connectivity index (χ2n) is 4.22. The Morgan fingerprint density at radius 2 is 2.10 bits per heavy atom. The van der Waals surface area contributed by atoms with Crippen LogP contribution in [0, 0.1) is 12.7 Å². The summed E-state index contributed by atoms with van der Waals surface area (Å²) in [5.74, 6) is 0.805. The minimum Gasteiger partial charge on any atom is -0.374 e. The first-order valence-corrected chi connectivity index (χ1v) is 6.60. The second-order valence-corrected chi connectivity index (χ2v) is 4.61. The molecule has 0 aliphatic heterocycles. The first kappa shape index (κ1) is 14.7. The summed E-state index contributed by atoms with van der Waals surface area (Å²) in [7, 11) is 0. The van der Waals surface area contributed by atoms with Gasteiger partial charge in [-0.25, -0.2) is 14.4 Å². The van der Waals surface area contributed by atoms with Gasteiger partial charge in [0, 0.05) is 18.4 Å². The smallest absolute Gasteiger partial charge is 0.158 e. The molecule has 0 fully saturated rings. The molecule has 0 atom stereocenters. The van der Waals surface area contributed by atoms with Crippen molar-refractivity contribution in [3.05, 3.63) is 46.6 Å². The molecule has 0 radical (unpaired) electrons. The molecule has 1 aromatic heterocycles. The van der Waals surface area contributed by atoms with Crippen LogP contribution in [0.1, 0.15) is 18.3 Å². The summed E-state index contributed by atoms with van der Waals surface area (Å²) < 4.78 is 18.5. The highest BCUT2D eigenvalue weighted by Crippen LogP contribution is 2.20. The maximum Gasteiger partial charge on any atom is 0.158 e. The first-order valence-electron chi connectivity index (χ1n) is 6.23.